The lowest BCUT2D eigenvalue weighted by atomic mass is 10.2. The molecule has 6 heteroatoms. The third kappa shape index (κ3) is 5.29. The van der Waals surface area contributed by atoms with Crippen LogP contribution in [0.1, 0.15) is 38.7 Å². The molecule has 1 rings (SSSR count). The van der Waals surface area contributed by atoms with Gasteiger partial charge in [-0.25, -0.2) is 13.1 Å². The quantitative estimate of drug-likeness (QED) is 0.775. The van der Waals surface area contributed by atoms with Crippen LogP contribution in [0.3, 0.4) is 0 Å². The molecule has 20 heavy (non-hydrogen) atoms. The molecule has 0 bridgehead atoms. The second-order valence-electron chi connectivity index (χ2n) is 4.53. The minimum atomic E-state index is -3.58. The van der Waals surface area contributed by atoms with Crippen LogP contribution in [-0.2, 0) is 10.0 Å². The van der Waals surface area contributed by atoms with Gasteiger partial charge in [0, 0.05) is 24.0 Å². The van der Waals surface area contributed by atoms with Gasteiger partial charge in [0.15, 0.2) is 0 Å². The van der Waals surface area contributed by atoms with E-state index in [9.17, 15) is 8.42 Å². The number of aromatic nitrogens is 1. The van der Waals surface area contributed by atoms with Crippen molar-refractivity contribution < 1.29 is 13.5 Å². The molecule has 0 saturated heterocycles. The van der Waals surface area contributed by atoms with E-state index in [1.54, 1.807) is 0 Å². The van der Waals surface area contributed by atoms with Crippen molar-refractivity contribution in [2.45, 2.75) is 44.0 Å². The highest BCUT2D eigenvalue weighted by Crippen LogP contribution is 2.11. The molecule has 1 aromatic heterocycles. The van der Waals surface area contributed by atoms with Crippen molar-refractivity contribution in [1.82, 2.24) is 9.71 Å². The summed E-state index contributed by atoms with van der Waals surface area (Å²) in [7, 11) is -3.58. The third-order valence-corrected chi connectivity index (χ3v) is 4.24. The molecule has 0 aliphatic carbocycles. The summed E-state index contributed by atoms with van der Waals surface area (Å²) in [6.45, 7) is 3.63. The highest BCUT2D eigenvalue weighted by molar-refractivity contribution is 7.89. The number of nitrogens with zero attached hydrogens (tertiary/aromatic N) is 1. The molecule has 0 aliphatic heterocycles. The van der Waals surface area contributed by atoms with Gasteiger partial charge in [0.25, 0.3) is 0 Å². The maximum atomic E-state index is 12.2. The van der Waals surface area contributed by atoms with E-state index < -0.39 is 10.0 Å². The Morgan fingerprint density at radius 2 is 2.20 bits per heavy atom. The van der Waals surface area contributed by atoms with Crippen LogP contribution in [0.5, 0.6) is 0 Å². The summed E-state index contributed by atoms with van der Waals surface area (Å²) < 4.78 is 27.0. The second-order valence-corrected chi connectivity index (χ2v) is 6.25. The largest absolute Gasteiger partial charge is 0.384 e. The predicted octanol–water partition coefficient (Wildman–Crippen LogP) is 1.28. The minimum absolute atomic E-state index is 0.0885. The second kappa shape index (κ2) is 8.00. The Labute approximate surface area is 120 Å². The van der Waals surface area contributed by atoms with Crippen LogP contribution in [0.25, 0.3) is 0 Å². The molecule has 0 aromatic carbocycles. The maximum Gasteiger partial charge on any atom is 0.242 e. The molecule has 0 saturated carbocycles. The Bertz CT molecular complexity index is 588. The van der Waals surface area contributed by atoms with Gasteiger partial charge in [0.1, 0.15) is 11.5 Å². The first kappa shape index (κ1) is 16.6. The SMILES string of the molecule is CCCCC(C)NS(=O)(=O)c1cncc(C#CCO)c1. The monoisotopic (exact) mass is 296 g/mol. The van der Waals surface area contributed by atoms with Crippen molar-refractivity contribution in [3.8, 4) is 11.8 Å². The number of aliphatic hydroxyl groups is 1. The number of hydrogen-bond donors (Lipinski definition) is 2. The van der Waals surface area contributed by atoms with Crippen molar-refractivity contribution in [1.29, 1.82) is 0 Å². The Hall–Kier alpha value is -1.42. The average Bonchev–Trinajstić information content (AvgIpc) is 2.42. The molecule has 0 spiro atoms. The van der Waals surface area contributed by atoms with Gasteiger partial charge in [-0.3, -0.25) is 4.98 Å². The number of pyridine rings is 1. The van der Waals surface area contributed by atoms with Crippen LogP contribution in [0.4, 0.5) is 0 Å². The van der Waals surface area contributed by atoms with E-state index in [0.29, 0.717) is 5.56 Å². The molecule has 0 radical (unpaired) electrons. The van der Waals surface area contributed by atoms with E-state index in [1.807, 2.05) is 6.92 Å². The Balaban J connectivity index is 2.87. The van der Waals surface area contributed by atoms with Crippen LogP contribution >= 0.6 is 0 Å². The summed E-state index contributed by atoms with van der Waals surface area (Å²) in [5.74, 6) is 5.10. The van der Waals surface area contributed by atoms with Crippen LogP contribution in [0.2, 0.25) is 0 Å². The molecule has 1 atom stereocenters. The fraction of sp³-hybridized carbons (Fsp3) is 0.500. The molecule has 1 heterocycles. The van der Waals surface area contributed by atoms with Crippen molar-refractivity contribution in [3.05, 3.63) is 24.0 Å². The molecule has 1 aromatic rings. The zero-order valence-electron chi connectivity index (χ0n) is 11.8. The summed E-state index contributed by atoms with van der Waals surface area (Å²) in [5, 5.41) is 8.63. The number of nitrogens with one attached hydrogen (secondary N) is 1. The van der Waals surface area contributed by atoms with Gasteiger partial charge >= 0.3 is 0 Å². The molecule has 1 unspecified atom stereocenters. The van der Waals surface area contributed by atoms with Gasteiger partial charge in [0.05, 0.1) is 0 Å². The topological polar surface area (TPSA) is 79.3 Å². The molecule has 0 amide bonds. The number of rotatable bonds is 6. The number of sulfonamides is 1. The lowest BCUT2D eigenvalue weighted by Gasteiger charge is -2.13. The smallest absolute Gasteiger partial charge is 0.242 e. The van der Waals surface area contributed by atoms with Crippen LogP contribution in [0, 0.1) is 11.8 Å². The number of unbranched alkanes of at least 4 members (excludes halogenated alkanes) is 1. The molecule has 0 aliphatic rings. The van der Waals surface area contributed by atoms with E-state index in [0.717, 1.165) is 19.3 Å². The highest BCUT2D eigenvalue weighted by Gasteiger charge is 2.17. The van der Waals surface area contributed by atoms with Crippen molar-refractivity contribution in [2.24, 2.45) is 0 Å². The lowest BCUT2D eigenvalue weighted by molar-refractivity contribution is 0.350. The fourth-order valence-corrected chi connectivity index (χ4v) is 2.94. The maximum absolute atomic E-state index is 12.2. The van der Waals surface area contributed by atoms with Gasteiger partial charge in [-0.05, 0) is 19.4 Å². The number of hydrogen-bond acceptors (Lipinski definition) is 4. The van der Waals surface area contributed by atoms with Crippen LogP contribution < -0.4 is 4.72 Å². The Morgan fingerprint density at radius 3 is 2.85 bits per heavy atom. The molecule has 110 valence electrons. The van der Waals surface area contributed by atoms with E-state index in [4.69, 9.17) is 5.11 Å². The van der Waals surface area contributed by atoms with Crippen LogP contribution in [0.15, 0.2) is 23.4 Å². The van der Waals surface area contributed by atoms with Gasteiger partial charge in [-0.1, -0.05) is 31.6 Å². The van der Waals surface area contributed by atoms with Crippen LogP contribution in [-0.4, -0.2) is 31.2 Å². The predicted molar refractivity (Wildman–Crippen MR) is 77.5 cm³/mol. The molecule has 2 N–H and O–H groups in total. The van der Waals surface area contributed by atoms with Crippen molar-refractivity contribution in [3.63, 3.8) is 0 Å². The number of aliphatic hydroxyl groups excluding tert-OH is 1. The zero-order valence-corrected chi connectivity index (χ0v) is 12.6. The average molecular weight is 296 g/mol. The summed E-state index contributed by atoms with van der Waals surface area (Å²) in [5.41, 5.74) is 0.461. The molecular formula is C14H20N2O3S. The Morgan fingerprint density at radius 1 is 1.45 bits per heavy atom. The van der Waals surface area contributed by atoms with Crippen molar-refractivity contribution in [2.75, 3.05) is 6.61 Å². The lowest BCUT2D eigenvalue weighted by Crippen LogP contribution is -2.32. The first-order valence-electron chi connectivity index (χ1n) is 6.56. The van der Waals surface area contributed by atoms with Gasteiger partial charge in [-0.15, -0.1) is 0 Å². The standard InChI is InChI=1S/C14H20N2O3S/c1-3-4-6-12(2)16-20(18,19)14-9-13(7-5-8-17)10-15-11-14/h9-12,16-17H,3-4,6,8H2,1-2H3. The Kier molecular flexibility index (Phi) is 6.65. The van der Waals surface area contributed by atoms with E-state index in [2.05, 4.69) is 28.5 Å². The highest BCUT2D eigenvalue weighted by atomic mass is 32.2. The van der Waals surface area contributed by atoms with E-state index in [1.165, 1.54) is 18.5 Å². The first-order chi connectivity index (χ1) is 9.49. The van der Waals surface area contributed by atoms with Gasteiger partial charge in [-0.2, -0.15) is 0 Å². The zero-order chi connectivity index (χ0) is 15.0. The van der Waals surface area contributed by atoms with Gasteiger partial charge < -0.3 is 5.11 Å². The summed E-state index contributed by atoms with van der Waals surface area (Å²) in [6, 6.07) is 1.33. The van der Waals surface area contributed by atoms with Crippen molar-refractivity contribution >= 4 is 10.0 Å². The molecule has 0 fully saturated rings. The summed E-state index contributed by atoms with van der Waals surface area (Å²) in [4.78, 5) is 3.96. The first-order valence-corrected chi connectivity index (χ1v) is 8.05. The molecular weight excluding hydrogens is 276 g/mol. The normalized spacial score (nSPS) is 12.6. The molecule has 5 nitrogen and oxygen atoms in total. The minimum Gasteiger partial charge on any atom is -0.384 e. The fourth-order valence-electron chi connectivity index (χ4n) is 1.68. The van der Waals surface area contributed by atoms with E-state index >= 15 is 0 Å². The summed E-state index contributed by atoms with van der Waals surface area (Å²) in [6.07, 6.45) is 5.55. The van der Waals surface area contributed by atoms with E-state index in [-0.39, 0.29) is 17.5 Å². The third-order valence-electron chi connectivity index (χ3n) is 2.68. The summed E-state index contributed by atoms with van der Waals surface area (Å²) >= 11 is 0. The van der Waals surface area contributed by atoms with Gasteiger partial charge in [0.2, 0.25) is 10.0 Å².